The molecule has 1 aromatic rings. The van der Waals surface area contributed by atoms with E-state index in [1.54, 1.807) is 13.8 Å². The molecule has 2 N–H and O–H groups in total. The van der Waals surface area contributed by atoms with Gasteiger partial charge in [0, 0.05) is 12.1 Å². The first-order valence-corrected chi connectivity index (χ1v) is 7.04. The summed E-state index contributed by atoms with van der Waals surface area (Å²) in [7, 11) is 0. The average Bonchev–Trinajstić information content (AvgIpc) is 2.75. The number of nitrogens with zero attached hydrogens (tertiary/aromatic N) is 2. The Hall–Kier alpha value is -2.09. The largest absolute Gasteiger partial charge is 0.507 e. The number of benzene rings is 1. The number of carbonyl (C=O) groups is 1. The van der Waals surface area contributed by atoms with Crippen molar-refractivity contribution in [1.82, 2.24) is 5.01 Å². The maximum atomic E-state index is 13.3. The Morgan fingerprint density at radius 2 is 2.00 bits per heavy atom. The number of halogens is 3. The van der Waals surface area contributed by atoms with E-state index >= 15 is 0 Å². The Bertz CT molecular complexity index is 643. The summed E-state index contributed by atoms with van der Waals surface area (Å²) >= 11 is 0. The van der Waals surface area contributed by atoms with E-state index in [4.69, 9.17) is 0 Å². The van der Waals surface area contributed by atoms with E-state index in [0.717, 1.165) is 0 Å². The number of phenols is 1. The van der Waals surface area contributed by atoms with Crippen molar-refractivity contribution in [3.8, 4) is 5.75 Å². The number of hydrazone groups is 1. The molecular weight excluding hydrogens is 313 g/mol. The molecule has 0 radical (unpaired) electrons. The fourth-order valence-corrected chi connectivity index (χ4v) is 2.41. The second-order valence-corrected chi connectivity index (χ2v) is 5.89. The monoisotopic (exact) mass is 330 g/mol. The molecule has 1 atom stereocenters. The summed E-state index contributed by atoms with van der Waals surface area (Å²) in [6.45, 7) is 3.59. The minimum atomic E-state index is -5.07. The second kappa shape index (κ2) is 5.84. The highest BCUT2D eigenvalue weighted by Gasteiger charge is 2.63. The smallest absolute Gasteiger partial charge is 0.438 e. The van der Waals surface area contributed by atoms with Gasteiger partial charge in [-0.15, -0.1) is 0 Å². The lowest BCUT2D eigenvalue weighted by Crippen LogP contribution is -2.56. The molecule has 0 unspecified atom stereocenters. The van der Waals surface area contributed by atoms with Crippen LogP contribution in [0.4, 0.5) is 13.2 Å². The molecule has 1 amide bonds. The van der Waals surface area contributed by atoms with E-state index in [-0.39, 0.29) is 28.6 Å². The highest BCUT2D eigenvalue weighted by molar-refractivity contribution is 6.00. The molecule has 1 heterocycles. The van der Waals surface area contributed by atoms with Crippen LogP contribution in [-0.4, -0.2) is 38.7 Å². The van der Waals surface area contributed by atoms with Gasteiger partial charge in [0.15, 0.2) is 0 Å². The van der Waals surface area contributed by atoms with Crippen LogP contribution >= 0.6 is 0 Å². The van der Waals surface area contributed by atoms with Crippen molar-refractivity contribution in [3.05, 3.63) is 29.8 Å². The van der Waals surface area contributed by atoms with Gasteiger partial charge in [-0.3, -0.25) is 4.79 Å². The fourth-order valence-electron chi connectivity index (χ4n) is 2.41. The molecule has 1 aliphatic rings. The predicted octanol–water partition coefficient (Wildman–Crippen LogP) is 2.89. The number of phenolic OH excluding ortho intramolecular Hbond substituents is 1. The number of para-hydroxylation sites is 1. The van der Waals surface area contributed by atoms with Gasteiger partial charge >= 0.3 is 6.18 Å². The first kappa shape index (κ1) is 17.3. The Labute approximate surface area is 131 Å². The molecule has 0 aromatic heterocycles. The van der Waals surface area contributed by atoms with Crippen molar-refractivity contribution in [1.29, 1.82) is 0 Å². The van der Waals surface area contributed by atoms with Crippen LogP contribution in [0.3, 0.4) is 0 Å². The molecule has 1 aromatic carbocycles. The van der Waals surface area contributed by atoms with Crippen LogP contribution in [0.5, 0.6) is 5.75 Å². The number of aromatic hydroxyl groups is 1. The van der Waals surface area contributed by atoms with Crippen LogP contribution in [0.25, 0.3) is 0 Å². The van der Waals surface area contributed by atoms with Crippen molar-refractivity contribution in [3.63, 3.8) is 0 Å². The van der Waals surface area contributed by atoms with Crippen molar-refractivity contribution >= 4 is 11.6 Å². The van der Waals surface area contributed by atoms with Gasteiger partial charge in [-0.05, 0) is 24.5 Å². The Kier molecular flexibility index (Phi) is 4.39. The third kappa shape index (κ3) is 3.17. The first-order valence-electron chi connectivity index (χ1n) is 7.04. The summed E-state index contributed by atoms with van der Waals surface area (Å²) in [6.07, 6.45) is -5.65. The van der Waals surface area contributed by atoms with Gasteiger partial charge in [-0.25, -0.2) is 0 Å². The molecule has 8 heteroatoms. The highest BCUT2D eigenvalue weighted by Crippen LogP contribution is 2.42. The minimum absolute atomic E-state index is 0.0198. The average molecular weight is 330 g/mol. The standard InChI is InChI=1S/C15H17F3N2O3/c1-9(2)7-10-8-14(23,15(16,17)18)20(19-10)13(22)11-5-3-4-6-12(11)21/h3-6,9,21,23H,7-8H2,1-2H3/t14-/m0/s1. The Morgan fingerprint density at radius 3 is 2.52 bits per heavy atom. The zero-order valence-corrected chi connectivity index (χ0v) is 12.6. The summed E-state index contributed by atoms with van der Waals surface area (Å²) in [6, 6.07) is 5.17. The molecule has 0 spiro atoms. The minimum Gasteiger partial charge on any atom is -0.507 e. The van der Waals surface area contributed by atoms with Crippen LogP contribution in [0, 0.1) is 5.92 Å². The van der Waals surface area contributed by atoms with E-state index in [1.165, 1.54) is 24.3 Å². The second-order valence-electron chi connectivity index (χ2n) is 5.89. The lowest BCUT2D eigenvalue weighted by molar-refractivity contribution is -0.297. The summed E-state index contributed by atoms with van der Waals surface area (Å²) in [4.78, 5) is 12.4. The van der Waals surface area contributed by atoms with Crippen molar-refractivity contribution in [2.24, 2.45) is 11.0 Å². The quantitative estimate of drug-likeness (QED) is 0.895. The molecule has 5 nitrogen and oxygen atoms in total. The van der Waals surface area contributed by atoms with Gasteiger partial charge in [0.1, 0.15) is 5.75 Å². The third-order valence-corrected chi connectivity index (χ3v) is 3.47. The van der Waals surface area contributed by atoms with Crippen LogP contribution in [0.1, 0.15) is 37.0 Å². The Morgan fingerprint density at radius 1 is 1.39 bits per heavy atom. The molecule has 23 heavy (non-hydrogen) atoms. The van der Waals surface area contributed by atoms with E-state index in [0.29, 0.717) is 0 Å². The molecule has 0 saturated carbocycles. The normalized spacial score (nSPS) is 21.7. The lowest BCUT2D eigenvalue weighted by atomic mass is 9.99. The van der Waals surface area contributed by atoms with E-state index in [9.17, 15) is 28.2 Å². The maximum absolute atomic E-state index is 13.3. The van der Waals surface area contributed by atoms with Crippen molar-refractivity contribution in [2.45, 2.75) is 38.6 Å². The molecule has 2 rings (SSSR count). The van der Waals surface area contributed by atoms with Gasteiger partial charge in [0.25, 0.3) is 11.6 Å². The van der Waals surface area contributed by atoms with Gasteiger partial charge in [0.2, 0.25) is 0 Å². The van der Waals surface area contributed by atoms with E-state index in [2.05, 4.69) is 5.10 Å². The summed E-state index contributed by atoms with van der Waals surface area (Å²) in [5, 5.41) is 23.5. The van der Waals surface area contributed by atoms with Crippen LogP contribution < -0.4 is 0 Å². The van der Waals surface area contributed by atoms with E-state index in [1.807, 2.05) is 0 Å². The molecule has 126 valence electrons. The molecule has 1 aliphatic heterocycles. The van der Waals surface area contributed by atoms with Gasteiger partial charge < -0.3 is 10.2 Å². The molecule has 0 saturated heterocycles. The molecule has 0 bridgehead atoms. The zero-order chi connectivity index (χ0) is 17.4. The SMILES string of the molecule is CC(C)CC1=NN(C(=O)c2ccccc2O)[C@@](O)(C(F)(F)F)C1. The molecule has 0 aliphatic carbocycles. The van der Waals surface area contributed by atoms with Crippen LogP contribution in [0.2, 0.25) is 0 Å². The van der Waals surface area contributed by atoms with Gasteiger partial charge in [0.05, 0.1) is 5.56 Å². The Balaban J connectivity index is 2.44. The van der Waals surface area contributed by atoms with Crippen molar-refractivity contribution in [2.75, 3.05) is 0 Å². The third-order valence-electron chi connectivity index (χ3n) is 3.47. The fraction of sp³-hybridized carbons (Fsp3) is 0.467. The number of rotatable bonds is 3. The van der Waals surface area contributed by atoms with Gasteiger partial charge in [-0.1, -0.05) is 26.0 Å². The summed E-state index contributed by atoms with van der Waals surface area (Å²) in [5.41, 5.74) is -3.68. The zero-order valence-electron chi connectivity index (χ0n) is 12.6. The number of amides is 1. The van der Waals surface area contributed by atoms with Crippen LogP contribution in [0.15, 0.2) is 29.4 Å². The maximum Gasteiger partial charge on any atom is 0.438 e. The number of hydrogen-bond donors (Lipinski definition) is 2. The highest BCUT2D eigenvalue weighted by atomic mass is 19.4. The number of carbonyl (C=O) groups excluding carboxylic acids is 1. The van der Waals surface area contributed by atoms with Crippen LogP contribution in [-0.2, 0) is 0 Å². The summed E-state index contributed by atoms with van der Waals surface area (Å²) < 4.78 is 39.9. The van der Waals surface area contributed by atoms with Gasteiger partial charge in [-0.2, -0.15) is 23.3 Å². The number of aliphatic hydroxyl groups is 1. The topological polar surface area (TPSA) is 73.1 Å². The number of alkyl halides is 3. The number of hydrogen-bond acceptors (Lipinski definition) is 4. The lowest BCUT2D eigenvalue weighted by Gasteiger charge is -2.32. The first-order chi connectivity index (χ1) is 10.6. The molecular formula is C15H17F3N2O3. The predicted molar refractivity (Wildman–Crippen MR) is 76.8 cm³/mol. The van der Waals surface area contributed by atoms with E-state index < -0.39 is 30.0 Å². The van der Waals surface area contributed by atoms with Crippen molar-refractivity contribution < 1.29 is 28.2 Å². The summed E-state index contributed by atoms with van der Waals surface area (Å²) in [5.74, 6) is -1.66. The molecule has 0 fully saturated rings.